The molecule has 1 rings (SSSR count). The van der Waals surface area contributed by atoms with Crippen LogP contribution in [0, 0.1) is 5.92 Å². The van der Waals surface area contributed by atoms with Crippen molar-refractivity contribution in [2.24, 2.45) is 5.92 Å². The summed E-state index contributed by atoms with van der Waals surface area (Å²) in [6, 6.07) is 0. The van der Waals surface area contributed by atoms with Crippen molar-refractivity contribution in [2.75, 3.05) is 13.2 Å². The molecule has 1 saturated heterocycles. The molecular formula is C12H22O6. The Bertz CT molecular complexity index is 269. The molecule has 1 heterocycles. The van der Waals surface area contributed by atoms with E-state index in [9.17, 15) is 15.0 Å². The van der Waals surface area contributed by atoms with E-state index >= 15 is 0 Å². The first-order chi connectivity index (χ1) is 8.52. The third-order valence-corrected chi connectivity index (χ3v) is 3.35. The summed E-state index contributed by atoms with van der Waals surface area (Å²) in [6.07, 6.45) is -3.10. The number of aliphatic carboxylic acids is 1. The molecule has 0 aliphatic carbocycles. The predicted octanol–water partition coefficient (Wildman–Crippen LogP) is 0.0130. The molecule has 5 atom stereocenters. The highest BCUT2D eigenvalue weighted by atomic mass is 16.5. The number of rotatable bonds is 6. The van der Waals surface area contributed by atoms with E-state index in [1.54, 1.807) is 6.92 Å². The SMILES string of the molecule is CCOCCC1OC(C(=O)O)C(CC)C(O)C1O. The fourth-order valence-electron chi connectivity index (χ4n) is 2.30. The molecule has 5 unspecified atom stereocenters. The van der Waals surface area contributed by atoms with Gasteiger partial charge in [-0.05, 0) is 19.8 Å². The van der Waals surface area contributed by atoms with Gasteiger partial charge in [-0.25, -0.2) is 4.79 Å². The van der Waals surface area contributed by atoms with Crippen molar-refractivity contribution < 1.29 is 29.6 Å². The maximum absolute atomic E-state index is 11.1. The number of aliphatic hydroxyl groups excluding tert-OH is 2. The van der Waals surface area contributed by atoms with Crippen molar-refractivity contribution in [3.8, 4) is 0 Å². The molecule has 1 aliphatic heterocycles. The lowest BCUT2D eigenvalue weighted by molar-refractivity contribution is -0.214. The molecule has 0 saturated carbocycles. The molecule has 0 radical (unpaired) electrons. The zero-order valence-corrected chi connectivity index (χ0v) is 10.8. The smallest absolute Gasteiger partial charge is 0.333 e. The maximum atomic E-state index is 11.1. The van der Waals surface area contributed by atoms with Gasteiger partial charge in [0.1, 0.15) is 6.10 Å². The van der Waals surface area contributed by atoms with E-state index in [0.717, 1.165) is 0 Å². The maximum Gasteiger partial charge on any atom is 0.333 e. The van der Waals surface area contributed by atoms with Crippen LogP contribution in [0.5, 0.6) is 0 Å². The van der Waals surface area contributed by atoms with Crippen molar-refractivity contribution in [1.29, 1.82) is 0 Å². The first kappa shape index (κ1) is 15.4. The quantitative estimate of drug-likeness (QED) is 0.584. The standard InChI is InChI=1S/C12H22O6/c1-3-7-9(13)10(14)8(5-6-17-4-2)18-11(7)12(15)16/h7-11,13-14H,3-6H2,1-2H3,(H,15,16). The van der Waals surface area contributed by atoms with Gasteiger partial charge in [0.15, 0.2) is 6.10 Å². The first-order valence-electron chi connectivity index (χ1n) is 6.35. The topological polar surface area (TPSA) is 96.2 Å². The van der Waals surface area contributed by atoms with Gasteiger partial charge in [-0.3, -0.25) is 0 Å². The van der Waals surface area contributed by atoms with Crippen LogP contribution in [0.2, 0.25) is 0 Å². The third-order valence-electron chi connectivity index (χ3n) is 3.35. The minimum absolute atomic E-state index is 0.367. The second kappa shape index (κ2) is 7.04. The Hall–Kier alpha value is -0.690. The van der Waals surface area contributed by atoms with Crippen LogP contribution >= 0.6 is 0 Å². The number of carboxylic acids is 1. The van der Waals surface area contributed by atoms with E-state index < -0.39 is 36.3 Å². The third kappa shape index (κ3) is 3.41. The minimum Gasteiger partial charge on any atom is -0.479 e. The van der Waals surface area contributed by atoms with Gasteiger partial charge in [0, 0.05) is 19.1 Å². The molecule has 1 fully saturated rings. The molecular weight excluding hydrogens is 240 g/mol. The van der Waals surface area contributed by atoms with E-state index in [4.69, 9.17) is 14.6 Å². The van der Waals surface area contributed by atoms with E-state index in [1.165, 1.54) is 0 Å². The molecule has 0 aromatic rings. The molecule has 0 aromatic heterocycles. The number of hydrogen-bond acceptors (Lipinski definition) is 5. The van der Waals surface area contributed by atoms with Gasteiger partial charge in [-0.15, -0.1) is 0 Å². The average Bonchev–Trinajstić information content (AvgIpc) is 2.34. The van der Waals surface area contributed by atoms with Gasteiger partial charge < -0.3 is 24.8 Å². The van der Waals surface area contributed by atoms with Crippen molar-refractivity contribution in [1.82, 2.24) is 0 Å². The first-order valence-corrected chi connectivity index (χ1v) is 6.35. The Morgan fingerprint density at radius 3 is 2.44 bits per heavy atom. The number of aliphatic hydroxyl groups is 2. The summed E-state index contributed by atoms with van der Waals surface area (Å²) in [7, 11) is 0. The molecule has 0 amide bonds. The highest BCUT2D eigenvalue weighted by molar-refractivity contribution is 5.73. The van der Waals surface area contributed by atoms with Crippen LogP contribution < -0.4 is 0 Å². The lowest BCUT2D eigenvalue weighted by atomic mass is 9.84. The van der Waals surface area contributed by atoms with Crippen LogP contribution in [0.1, 0.15) is 26.7 Å². The van der Waals surface area contributed by atoms with Crippen LogP contribution in [0.4, 0.5) is 0 Å². The van der Waals surface area contributed by atoms with Gasteiger partial charge in [0.2, 0.25) is 0 Å². The Labute approximate surface area is 107 Å². The van der Waals surface area contributed by atoms with Crippen LogP contribution in [-0.4, -0.2) is 58.9 Å². The molecule has 6 nitrogen and oxygen atoms in total. The van der Waals surface area contributed by atoms with Gasteiger partial charge >= 0.3 is 5.97 Å². The van der Waals surface area contributed by atoms with Gasteiger partial charge in [-0.1, -0.05) is 6.92 Å². The van der Waals surface area contributed by atoms with Gasteiger partial charge in [-0.2, -0.15) is 0 Å². The van der Waals surface area contributed by atoms with E-state index in [1.807, 2.05) is 6.92 Å². The highest BCUT2D eigenvalue weighted by Crippen LogP contribution is 2.30. The van der Waals surface area contributed by atoms with Crippen molar-refractivity contribution >= 4 is 5.97 Å². The number of hydrogen-bond donors (Lipinski definition) is 3. The predicted molar refractivity (Wildman–Crippen MR) is 63.2 cm³/mol. The normalized spacial score (nSPS) is 36.6. The van der Waals surface area contributed by atoms with Crippen molar-refractivity contribution in [3.05, 3.63) is 0 Å². The second-order valence-corrected chi connectivity index (χ2v) is 4.47. The fourth-order valence-corrected chi connectivity index (χ4v) is 2.30. The highest BCUT2D eigenvalue weighted by Gasteiger charge is 2.46. The largest absolute Gasteiger partial charge is 0.479 e. The van der Waals surface area contributed by atoms with E-state index in [2.05, 4.69) is 0 Å². The van der Waals surface area contributed by atoms with E-state index in [0.29, 0.717) is 26.1 Å². The van der Waals surface area contributed by atoms with Crippen molar-refractivity contribution in [3.63, 3.8) is 0 Å². The average molecular weight is 262 g/mol. The Morgan fingerprint density at radius 1 is 1.28 bits per heavy atom. The van der Waals surface area contributed by atoms with Crippen LogP contribution in [0.25, 0.3) is 0 Å². The Balaban J connectivity index is 2.68. The fraction of sp³-hybridized carbons (Fsp3) is 0.917. The zero-order chi connectivity index (χ0) is 13.7. The molecule has 106 valence electrons. The summed E-state index contributed by atoms with van der Waals surface area (Å²) in [4.78, 5) is 11.1. The molecule has 0 aromatic carbocycles. The summed E-state index contributed by atoms with van der Waals surface area (Å²) >= 11 is 0. The van der Waals surface area contributed by atoms with Crippen molar-refractivity contribution in [2.45, 2.75) is 51.1 Å². The second-order valence-electron chi connectivity index (χ2n) is 4.47. The molecule has 1 aliphatic rings. The van der Waals surface area contributed by atoms with Gasteiger partial charge in [0.25, 0.3) is 0 Å². The monoisotopic (exact) mass is 262 g/mol. The van der Waals surface area contributed by atoms with Gasteiger partial charge in [0.05, 0.1) is 12.2 Å². The van der Waals surface area contributed by atoms with Crippen LogP contribution in [0.15, 0.2) is 0 Å². The molecule has 0 bridgehead atoms. The number of carbonyl (C=O) groups is 1. The Kier molecular flexibility index (Phi) is 6.01. The summed E-state index contributed by atoms with van der Waals surface area (Å²) in [6.45, 7) is 4.53. The Morgan fingerprint density at radius 2 is 1.94 bits per heavy atom. The summed E-state index contributed by atoms with van der Waals surface area (Å²) < 4.78 is 10.5. The summed E-state index contributed by atoms with van der Waals surface area (Å²) in [5, 5.41) is 28.9. The van der Waals surface area contributed by atoms with E-state index in [-0.39, 0.29) is 0 Å². The number of carboxylic acid groups (broad SMARTS) is 1. The summed E-state index contributed by atoms with van der Waals surface area (Å²) in [5.41, 5.74) is 0. The lowest BCUT2D eigenvalue weighted by Gasteiger charge is -2.41. The van der Waals surface area contributed by atoms with Crippen LogP contribution in [0.3, 0.4) is 0 Å². The molecule has 3 N–H and O–H groups in total. The minimum atomic E-state index is -1.10. The zero-order valence-electron chi connectivity index (χ0n) is 10.8. The lowest BCUT2D eigenvalue weighted by Crippen LogP contribution is -2.56. The molecule has 18 heavy (non-hydrogen) atoms. The molecule has 0 spiro atoms. The molecule has 6 heteroatoms. The number of ether oxygens (including phenoxy) is 2. The van der Waals surface area contributed by atoms with Crippen LogP contribution in [-0.2, 0) is 14.3 Å². The summed E-state index contributed by atoms with van der Waals surface area (Å²) in [5.74, 6) is -1.69.